The monoisotopic (exact) mass is 427 g/mol. The van der Waals surface area contributed by atoms with E-state index >= 15 is 0 Å². The van der Waals surface area contributed by atoms with Gasteiger partial charge in [0.05, 0.1) is 12.8 Å². The highest BCUT2D eigenvalue weighted by Crippen LogP contribution is 2.25. The first kappa shape index (κ1) is 20.3. The van der Waals surface area contributed by atoms with Gasteiger partial charge >= 0.3 is 0 Å². The molecular formula is C22H22FN3O3S. The van der Waals surface area contributed by atoms with Crippen molar-refractivity contribution in [3.05, 3.63) is 70.5 Å². The Morgan fingerprint density at radius 1 is 1.27 bits per heavy atom. The maximum absolute atomic E-state index is 13.5. The third-order valence-corrected chi connectivity index (χ3v) is 5.69. The molecule has 0 bridgehead atoms. The SMILES string of the molecule is COc1ccc2c(c1)CCN(Cc1csc(NC(=O)COc3ccccc3F)n1)C2. The summed E-state index contributed by atoms with van der Waals surface area (Å²) in [6.07, 6.45) is 0.966. The van der Waals surface area contributed by atoms with E-state index < -0.39 is 5.82 Å². The zero-order valence-corrected chi connectivity index (χ0v) is 17.4. The molecule has 1 aromatic heterocycles. The molecule has 30 heavy (non-hydrogen) atoms. The molecule has 1 amide bonds. The number of halogens is 1. The van der Waals surface area contributed by atoms with Crippen LogP contribution < -0.4 is 14.8 Å². The molecule has 2 aromatic carbocycles. The number of nitrogens with zero attached hydrogens (tertiary/aromatic N) is 2. The molecule has 6 nitrogen and oxygen atoms in total. The quantitative estimate of drug-likeness (QED) is 0.620. The van der Waals surface area contributed by atoms with Crippen LogP contribution >= 0.6 is 11.3 Å². The second kappa shape index (κ2) is 9.23. The van der Waals surface area contributed by atoms with Gasteiger partial charge in [-0.25, -0.2) is 9.37 Å². The van der Waals surface area contributed by atoms with Gasteiger partial charge in [0.25, 0.3) is 5.91 Å². The number of hydrogen-bond acceptors (Lipinski definition) is 6. The summed E-state index contributed by atoms with van der Waals surface area (Å²) in [5, 5.41) is 5.16. The zero-order chi connectivity index (χ0) is 20.9. The molecule has 0 saturated carbocycles. The Hall–Kier alpha value is -2.97. The van der Waals surface area contributed by atoms with E-state index in [0.717, 1.165) is 31.0 Å². The van der Waals surface area contributed by atoms with Crippen LogP contribution in [0.1, 0.15) is 16.8 Å². The van der Waals surface area contributed by atoms with Crippen molar-refractivity contribution in [1.82, 2.24) is 9.88 Å². The van der Waals surface area contributed by atoms with Gasteiger partial charge in [-0.1, -0.05) is 18.2 Å². The van der Waals surface area contributed by atoms with Crippen LogP contribution in [-0.2, 0) is 24.3 Å². The van der Waals surface area contributed by atoms with Crippen molar-refractivity contribution in [2.45, 2.75) is 19.5 Å². The molecule has 0 aliphatic carbocycles. The van der Waals surface area contributed by atoms with Gasteiger partial charge in [-0.2, -0.15) is 0 Å². The summed E-state index contributed by atoms with van der Waals surface area (Å²) in [6.45, 7) is 2.23. The molecule has 0 unspecified atom stereocenters. The highest BCUT2D eigenvalue weighted by molar-refractivity contribution is 7.13. The molecule has 0 radical (unpaired) electrons. The minimum atomic E-state index is -0.497. The number of nitrogens with one attached hydrogen (secondary N) is 1. The normalized spacial score (nSPS) is 13.5. The van der Waals surface area contributed by atoms with E-state index in [1.54, 1.807) is 19.2 Å². The van der Waals surface area contributed by atoms with Crippen LogP contribution in [0.25, 0.3) is 0 Å². The van der Waals surface area contributed by atoms with Gasteiger partial charge < -0.3 is 9.47 Å². The predicted octanol–water partition coefficient (Wildman–Crippen LogP) is 3.87. The van der Waals surface area contributed by atoms with Crippen LogP contribution in [-0.4, -0.2) is 36.1 Å². The fraction of sp³-hybridized carbons (Fsp3) is 0.273. The number of para-hydroxylation sites is 1. The first-order valence-electron chi connectivity index (χ1n) is 9.60. The maximum Gasteiger partial charge on any atom is 0.264 e. The first-order chi connectivity index (χ1) is 14.6. The fourth-order valence-electron chi connectivity index (χ4n) is 3.38. The number of hydrogen-bond donors (Lipinski definition) is 1. The molecule has 1 aliphatic rings. The van der Waals surface area contributed by atoms with E-state index in [4.69, 9.17) is 9.47 Å². The van der Waals surface area contributed by atoms with E-state index in [2.05, 4.69) is 27.3 Å². The van der Waals surface area contributed by atoms with E-state index in [1.165, 1.54) is 34.6 Å². The molecule has 0 saturated heterocycles. The molecule has 0 fully saturated rings. The number of carbonyl (C=O) groups is 1. The van der Waals surface area contributed by atoms with Crippen molar-refractivity contribution in [2.24, 2.45) is 0 Å². The van der Waals surface area contributed by atoms with E-state index in [1.807, 2.05) is 11.4 Å². The topological polar surface area (TPSA) is 63.7 Å². The summed E-state index contributed by atoms with van der Waals surface area (Å²) in [5.41, 5.74) is 3.53. The molecule has 8 heteroatoms. The Morgan fingerprint density at radius 3 is 2.97 bits per heavy atom. The number of thiazole rings is 1. The average Bonchev–Trinajstić information content (AvgIpc) is 3.19. The third kappa shape index (κ3) is 4.95. The summed E-state index contributed by atoms with van der Waals surface area (Å²) < 4.78 is 24.1. The van der Waals surface area contributed by atoms with Gasteiger partial charge in [0.15, 0.2) is 23.3 Å². The standard InChI is InChI=1S/C22H22FN3O3S/c1-28-18-7-6-16-11-26(9-8-15(16)10-18)12-17-14-30-22(24-17)25-21(27)13-29-20-5-3-2-4-19(20)23/h2-7,10,14H,8-9,11-13H2,1H3,(H,24,25,27). The number of ether oxygens (including phenoxy) is 2. The second-order valence-electron chi connectivity index (χ2n) is 7.01. The smallest absolute Gasteiger partial charge is 0.264 e. The predicted molar refractivity (Wildman–Crippen MR) is 113 cm³/mol. The molecule has 156 valence electrons. The largest absolute Gasteiger partial charge is 0.497 e. The van der Waals surface area contributed by atoms with Crippen molar-refractivity contribution in [3.8, 4) is 11.5 Å². The molecule has 2 heterocycles. The molecule has 4 rings (SSSR count). The molecule has 0 atom stereocenters. The highest BCUT2D eigenvalue weighted by Gasteiger charge is 2.18. The third-order valence-electron chi connectivity index (χ3n) is 4.88. The van der Waals surface area contributed by atoms with Gasteiger partial charge in [-0.3, -0.25) is 15.0 Å². The van der Waals surface area contributed by atoms with Gasteiger partial charge in [0.1, 0.15) is 5.75 Å². The lowest BCUT2D eigenvalue weighted by Gasteiger charge is -2.28. The summed E-state index contributed by atoms with van der Waals surface area (Å²) in [4.78, 5) is 18.9. The second-order valence-corrected chi connectivity index (χ2v) is 7.86. The summed E-state index contributed by atoms with van der Waals surface area (Å²) >= 11 is 1.37. The van der Waals surface area contributed by atoms with Crippen molar-refractivity contribution >= 4 is 22.4 Å². The lowest BCUT2D eigenvalue weighted by Crippen LogP contribution is -2.30. The molecule has 3 aromatic rings. The first-order valence-corrected chi connectivity index (χ1v) is 10.5. The van der Waals surface area contributed by atoms with Crippen molar-refractivity contribution in [3.63, 3.8) is 0 Å². The van der Waals surface area contributed by atoms with Crippen LogP contribution in [0.2, 0.25) is 0 Å². The molecule has 1 N–H and O–H groups in total. The van der Waals surface area contributed by atoms with Gasteiger partial charge in [0, 0.05) is 25.0 Å². The van der Waals surface area contributed by atoms with Crippen LogP contribution in [0.4, 0.5) is 9.52 Å². The minimum Gasteiger partial charge on any atom is -0.497 e. The number of aromatic nitrogens is 1. The van der Waals surface area contributed by atoms with E-state index in [0.29, 0.717) is 11.7 Å². The summed E-state index contributed by atoms with van der Waals surface area (Å²) in [5.74, 6) is 0.0694. The number of benzene rings is 2. The Balaban J connectivity index is 1.29. The van der Waals surface area contributed by atoms with Crippen LogP contribution in [0.3, 0.4) is 0 Å². The van der Waals surface area contributed by atoms with Gasteiger partial charge in [0.2, 0.25) is 0 Å². The van der Waals surface area contributed by atoms with Gasteiger partial charge in [-0.15, -0.1) is 11.3 Å². The number of anilines is 1. The molecule has 0 spiro atoms. The number of carbonyl (C=O) groups excluding carboxylic acids is 1. The van der Waals surface area contributed by atoms with Crippen molar-refractivity contribution in [2.75, 3.05) is 25.6 Å². The Bertz CT molecular complexity index is 1040. The van der Waals surface area contributed by atoms with Crippen molar-refractivity contribution < 1.29 is 18.7 Å². The van der Waals surface area contributed by atoms with Crippen LogP contribution in [0, 0.1) is 5.82 Å². The van der Waals surface area contributed by atoms with Gasteiger partial charge in [-0.05, 0) is 41.8 Å². The Morgan fingerprint density at radius 2 is 2.13 bits per heavy atom. The fourth-order valence-corrected chi connectivity index (χ4v) is 4.09. The van der Waals surface area contributed by atoms with E-state index in [9.17, 15) is 9.18 Å². The zero-order valence-electron chi connectivity index (χ0n) is 16.6. The van der Waals surface area contributed by atoms with Crippen LogP contribution in [0.5, 0.6) is 11.5 Å². The number of methoxy groups -OCH3 is 1. The Labute approximate surface area is 178 Å². The lowest BCUT2D eigenvalue weighted by atomic mass is 9.99. The van der Waals surface area contributed by atoms with Crippen LogP contribution in [0.15, 0.2) is 47.8 Å². The number of fused-ring (bicyclic) bond motifs is 1. The average molecular weight is 428 g/mol. The highest BCUT2D eigenvalue weighted by atomic mass is 32.1. The summed E-state index contributed by atoms with van der Waals surface area (Å²) in [6, 6.07) is 12.2. The molecular weight excluding hydrogens is 405 g/mol. The number of rotatable bonds is 7. The number of amides is 1. The molecule has 1 aliphatic heterocycles. The maximum atomic E-state index is 13.5. The van der Waals surface area contributed by atoms with Crippen molar-refractivity contribution in [1.29, 1.82) is 0 Å². The minimum absolute atomic E-state index is 0.0514. The Kier molecular flexibility index (Phi) is 6.25. The van der Waals surface area contributed by atoms with E-state index in [-0.39, 0.29) is 18.3 Å². The summed E-state index contributed by atoms with van der Waals surface area (Å²) in [7, 11) is 1.68. The lowest BCUT2D eigenvalue weighted by molar-refractivity contribution is -0.118.